The Morgan fingerprint density at radius 3 is 2.29 bits per heavy atom. The third-order valence-corrected chi connectivity index (χ3v) is 7.46. The molecule has 0 bridgehead atoms. The van der Waals surface area contributed by atoms with E-state index in [0.29, 0.717) is 22.5 Å². The van der Waals surface area contributed by atoms with E-state index in [4.69, 9.17) is 9.47 Å². The molecule has 9 nitrogen and oxygen atoms in total. The molecule has 1 fully saturated rings. The van der Waals surface area contributed by atoms with Gasteiger partial charge < -0.3 is 19.7 Å². The number of benzene rings is 1. The zero-order valence-electron chi connectivity index (χ0n) is 22.7. The number of aliphatic hydroxyl groups is 2. The Balaban J connectivity index is 1.91. The molecule has 210 valence electrons. The van der Waals surface area contributed by atoms with Gasteiger partial charge in [-0.3, -0.25) is 0 Å². The summed E-state index contributed by atoms with van der Waals surface area (Å²) in [5.41, 5.74) is 2.07. The number of anilines is 1. The molecule has 1 aromatic heterocycles. The van der Waals surface area contributed by atoms with E-state index in [0.717, 1.165) is 17.0 Å². The predicted octanol–water partition coefficient (Wildman–Crippen LogP) is 3.86. The lowest BCUT2D eigenvalue weighted by Gasteiger charge is -2.33. The lowest BCUT2D eigenvalue weighted by Crippen LogP contribution is -2.37. The summed E-state index contributed by atoms with van der Waals surface area (Å²) in [5, 5.41) is 21.2. The standard InChI is InChI=1S/C27H38FN3O6S/c1-16(2)25-23(12-11-21(32)14-22(33)15-24-36-17(3)13-18(4)37-24)26(19-7-9-20(28)10-8-19)30-27(29-25)31(5)38(6,34)35/h7-12,16-18,21-22,24,32-33H,13-15H2,1-6H3/b12-11+/t17-,18-,21?,22?/m0/s1. The Morgan fingerprint density at radius 1 is 1.13 bits per heavy atom. The van der Waals surface area contributed by atoms with Crippen molar-refractivity contribution in [3.05, 3.63) is 47.4 Å². The van der Waals surface area contributed by atoms with Crippen molar-refractivity contribution in [1.29, 1.82) is 0 Å². The normalized spacial score (nSPS) is 22.1. The lowest BCUT2D eigenvalue weighted by molar-refractivity contribution is -0.243. The zero-order valence-corrected chi connectivity index (χ0v) is 23.5. The van der Waals surface area contributed by atoms with Crippen molar-refractivity contribution in [2.75, 3.05) is 17.6 Å². The van der Waals surface area contributed by atoms with Crippen molar-refractivity contribution in [2.24, 2.45) is 0 Å². The number of hydrogen-bond donors (Lipinski definition) is 2. The van der Waals surface area contributed by atoms with Crippen molar-refractivity contribution in [3.63, 3.8) is 0 Å². The molecule has 38 heavy (non-hydrogen) atoms. The van der Waals surface area contributed by atoms with E-state index >= 15 is 0 Å². The van der Waals surface area contributed by atoms with Crippen molar-refractivity contribution in [1.82, 2.24) is 9.97 Å². The Labute approximate surface area is 224 Å². The zero-order chi connectivity index (χ0) is 28.2. The molecule has 11 heteroatoms. The average molecular weight is 552 g/mol. The second-order valence-corrected chi connectivity index (χ2v) is 12.2. The van der Waals surface area contributed by atoms with Gasteiger partial charge >= 0.3 is 0 Å². The van der Waals surface area contributed by atoms with Crippen molar-refractivity contribution in [3.8, 4) is 11.3 Å². The molecule has 0 saturated carbocycles. The van der Waals surface area contributed by atoms with Gasteiger partial charge in [0.15, 0.2) is 6.29 Å². The monoisotopic (exact) mass is 551 g/mol. The minimum Gasteiger partial charge on any atom is -0.393 e. The lowest BCUT2D eigenvalue weighted by atomic mass is 9.97. The number of hydrogen-bond acceptors (Lipinski definition) is 8. The SMILES string of the molecule is CC(C)c1nc(N(C)S(C)(=O)=O)nc(-c2ccc(F)cc2)c1/C=C/C(O)CC(O)CC1O[C@@H](C)C[C@H](C)O1. The molecule has 0 aliphatic carbocycles. The second-order valence-electron chi connectivity index (χ2n) is 10.2. The Bertz CT molecular complexity index is 1210. The van der Waals surface area contributed by atoms with Crippen LogP contribution in [0.1, 0.15) is 64.1 Å². The van der Waals surface area contributed by atoms with Gasteiger partial charge in [-0.2, -0.15) is 0 Å². The fourth-order valence-electron chi connectivity index (χ4n) is 4.32. The summed E-state index contributed by atoms with van der Waals surface area (Å²) in [6, 6.07) is 5.69. The number of ether oxygens (including phenoxy) is 2. The van der Waals surface area contributed by atoms with Crippen LogP contribution in [-0.4, -0.2) is 72.6 Å². The molecule has 1 aliphatic rings. The third kappa shape index (κ3) is 8.03. The molecule has 4 atom stereocenters. The largest absolute Gasteiger partial charge is 0.393 e. The maximum Gasteiger partial charge on any atom is 0.239 e. The van der Waals surface area contributed by atoms with Crippen molar-refractivity contribution in [2.45, 2.75) is 83.6 Å². The van der Waals surface area contributed by atoms with Gasteiger partial charge in [0.2, 0.25) is 16.0 Å². The summed E-state index contributed by atoms with van der Waals surface area (Å²) in [6.07, 6.45) is 3.00. The summed E-state index contributed by atoms with van der Waals surface area (Å²) in [4.78, 5) is 9.03. The first-order chi connectivity index (χ1) is 17.7. The fraction of sp³-hybridized carbons (Fsp3) is 0.556. The first-order valence-corrected chi connectivity index (χ1v) is 14.6. The van der Waals surface area contributed by atoms with Gasteiger partial charge in [-0.25, -0.2) is 27.1 Å². The van der Waals surface area contributed by atoms with Crippen molar-refractivity contribution < 1.29 is 32.5 Å². The minimum atomic E-state index is -3.63. The van der Waals surface area contributed by atoms with Crippen LogP contribution in [0.5, 0.6) is 0 Å². The van der Waals surface area contributed by atoms with E-state index in [1.54, 1.807) is 18.2 Å². The molecular formula is C27H38FN3O6S. The minimum absolute atomic E-state index is 0.0143. The van der Waals surface area contributed by atoms with Crippen LogP contribution in [0.4, 0.5) is 10.3 Å². The highest BCUT2D eigenvalue weighted by Crippen LogP contribution is 2.32. The summed E-state index contributed by atoms with van der Waals surface area (Å²) in [6.45, 7) is 7.74. The van der Waals surface area contributed by atoms with Gasteiger partial charge in [0, 0.05) is 31.0 Å². The number of sulfonamides is 1. The van der Waals surface area contributed by atoms with Gasteiger partial charge in [0.05, 0.1) is 42.1 Å². The number of nitrogens with zero attached hydrogens (tertiary/aromatic N) is 3. The fourth-order valence-corrected chi connectivity index (χ4v) is 4.70. The average Bonchev–Trinajstić information content (AvgIpc) is 2.80. The first-order valence-electron chi connectivity index (χ1n) is 12.7. The highest BCUT2D eigenvalue weighted by molar-refractivity contribution is 7.92. The molecule has 1 saturated heterocycles. The summed E-state index contributed by atoms with van der Waals surface area (Å²) < 4.78 is 50.5. The molecule has 0 spiro atoms. The van der Waals surface area contributed by atoms with Gasteiger partial charge in [0.25, 0.3) is 0 Å². The molecular weight excluding hydrogens is 513 g/mol. The van der Waals surface area contributed by atoms with Crippen LogP contribution < -0.4 is 4.31 Å². The van der Waals surface area contributed by atoms with E-state index < -0.39 is 34.3 Å². The number of aliphatic hydroxyl groups excluding tert-OH is 2. The first kappa shape index (κ1) is 30.1. The second kappa shape index (κ2) is 12.6. The highest BCUT2D eigenvalue weighted by atomic mass is 32.2. The molecule has 0 amide bonds. The van der Waals surface area contributed by atoms with Crippen LogP contribution in [0.3, 0.4) is 0 Å². The summed E-state index contributed by atoms with van der Waals surface area (Å²) in [7, 11) is -2.27. The number of aromatic nitrogens is 2. The van der Waals surface area contributed by atoms with Gasteiger partial charge in [0.1, 0.15) is 5.82 Å². The van der Waals surface area contributed by atoms with E-state index in [2.05, 4.69) is 9.97 Å². The van der Waals surface area contributed by atoms with Crippen LogP contribution in [0.25, 0.3) is 17.3 Å². The van der Waals surface area contributed by atoms with E-state index in [1.165, 1.54) is 25.3 Å². The van der Waals surface area contributed by atoms with Crippen LogP contribution in [-0.2, 0) is 19.5 Å². The van der Waals surface area contributed by atoms with Gasteiger partial charge in [-0.05, 0) is 50.5 Å². The van der Waals surface area contributed by atoms with Crippen LogP contribution in [0.15, 0.2) is 30.3 Å². The Hall–Kier alpha value is -2.44. The van der Waals surface area contributed by atoms with Crippen LogP contribution in [0.2, 0.25) is 0 Å². The topological polar surface area (TPSA) is 122 Å². The molecule has 2 N–H and O–H groups in total. The molecule has 3 rings (SSSR count). The maximum absolute atomic E-state index is 13.7. The Morgan fingerprint density at radius 2 is 1.74 bits per heavy atom. The Kier molecular flexibility index (Phi) is 9.99. The molecule has 2 heterocycles. The molecule has 2 unspecified atom stereocenters. The van der Waals surface area contributed by atoms with Gasteiger partial charge in [-0.1, -0.05) is 26.0 Å². The smallest absolute Gasteiger partial charge is 0.239 e. The molecule has 0 radical (unpaired) electrons. The van der Waals surface area contributed by atoms with Gasteiger partial charge in [-0.15, -0.1) is 0 Å². The molecule has 1 aromatic carbocycles. The van der Waals surface area contributed by atoms with E-state index in [-0.39, 0.29) is 36.9 Å². The highest BCUT2D eigenvalue weighted by Gasteiger charge is 2.27. The van der Waals surface area contributed by atoms with Crippen LogP contribution >= 0.6 is 0 Å². The summed E-state index contributed by atoms with van der Waals surface area (Å²) in [5.74, 6) is -0.563. The maximum atomic E-state index is 13.7. The predicted molar refractivity (Wildman–Crippen MR) is 145 cm³/mol. The number of rotatable bonds is 10. The molecule has 2 aromatic rings. The number of halogens is 1. The van der Waals surface area contributed by atoms with Crippen LogP contribution in [0, 0.1) is 5.82 Å². The van der Waals surface area contributed by atoms with E-state index in [9.17, 15) is 23.0 Å². The van der Waals surface area contributed by atoms with E-state index in [1.807, 2.05) is 27.7 Å². The third-order valence-electron chi connectivity index (χ3n) is 6.30. The quantitative estimate of drug-likeness (QED) is 0.457. The van der Waals surface area contributed by atoms with Crippen molar-refractivity contribution >= 4 is 22.0 Å². The molecule has 1 aliphatic heterocycles. The summed E-state index contributed by atoms with van der Waals surface area (Å²) >= 11 is 0.